The molecular weight excluding hydrogens is 216 g/mol. The number of nitrogens with zero attached hydrogens (tertiary/aromatic N) is 1. The van der Waals surface area contributed by atoms with E-state index in [1.54, 1.807) is 6.92 Å². The number of pyridine rings is 1. The van der Waals surface area contributed by atoms with Crippen molar-refractivity contribution < 1.29 is 9.53 Å². The normalized spacial score (nSPS) is 8.93. The van der Waals surface area contributed by atoms with Crippen LogP contribution in [0.5, 0.6) is 0 Å². The van der Waals surface area contributed by atoms with Crippen LogP contribution in [0.3, 0.4) is 0 Å². The quantitative estimate of drug-likeness (QED) is 0.576. The van der Waals surface area contributed by atoms with Crippen LogP contribution < -0.4 is 5.73 Å². The number of esters is 1. The SMILES string of the molecule is CCOC(=O)C#Cc1cc(Cl)cnc1N. The second-order valence-corrected chi connectivity index (χ2v) is 2.99. The van der Waals surface area contributed by atoms with E-state index < -0.39 is 5.97 Å². The van der Waals surface area contributed by atoms with Crippen molar-refractivity contribution >= 4 is 23.4 Å². The molecule has 4 nitrogen and oxygen atoms in total. The molecule has 15 heavy (non-hydrogen) atoms. The first-order valence-corrected chi connectivity index (χ1v) is 4.61. The highest BCUT2D eigenvalue weighted by Crippen LogP contribution is 2.13. The minimum Gasteiger partial charge on any atom is -0.456 e. The zero-order valence-corrected chi connectivity index (χ0v) is 8.84. The van der Waals surface area contributed by atoms with E-state index in [1.165, 1.54) is 12.3 Å². The molecular formula is C10H9ClN2O2. The zero-order chi connectivity index (χ0) is 11.3. The molecule has 1 aromatic heterocycles. The molecule has 0 amide bonds. The van der Waals surface area contributed by atoms with Crippen LogP contribution in [0.25, 0.3) is 0 Å². The standard InChI is InChI=1S/C10H9ClN2O2/c1-2-15-9(14)4-3-7-5-8(11)6-13-10(7)12/h5-6H,2H2,1H3,(H2,12,13). The Balaban J connectivity index is 2.88. The van der Waals surface area contributed by atoms with Crippen LogP contribution >= 0.6 is 11.6 Å². The lowest BCUT2D eigenvalue weighted by atomic mass is 10.2. The van der Waals surface area contributed by atoms with Crippen molar-refractivity contribution in [1.29, 1.82) is 0 Å². The van der Waals surface area contributed by atoms with Crippen molar-refractivity contribution in [3.05, 3.63) is 22.8 Å². The van der Waals surface area contributed by atoms with Gasteiger partial charge < -0.3 is 10.5 Å². The van der Waals surface area contributed by atoms with E-state index >= 15 is 0 Å². The Morgan fingerprint density at radius 3 is 3.13 bits per heavy atom. The molecule has 0 aliphatic rings. The summed E-state index contributed by atoms with van der Waals surface area (Å²) in [7, 11) is 0. The van der Waals surface area contributed by atoms with Crippen molar-refractivity contribution in [2.24, 2.45) is 0 Å². The average Bonchev–Trinajstić information content (AvgIpc) is 2.20. The summed E-state index contributed by atoms with van der Waals surface area (Å²) < 4.78 is 4.63. The van der Waals surface area contributed by atoms with Gasteiger partial charge in [0.05, 0.1) is 17.2 Å². The van der Waals surface area contributed by atoms with E-state index in [2.05, 4.69) is 21.6 Å². The summed E-state index contributed by atoms with van der Waals surface area (Å²) >= 11 is 5.69. The Morgan fingerprint density at radius 2 is 2.47 bits per heavy atom. The van der Waals surface area contributed by atoms with Gasteiger partial charge in [-0.15, -0.1) is 0 Å². The van der Waals surface area contributed by atoms with Gasteiger partial charge in [-0.3, -0.25) is 0 Å². The molecule has 2 N–H and O–H groups in total. The molecule has 0 bridgehead atoms. The molecule has 0 unspecified atom stereocenters. The number of carbonyl (C=O) groups is 1. The Morgan fingerprint density at radius 1 is 1.73 bits per heavy atom. The van der Waals surface area contributed by atoms with Gasteiger partial charge in [0.15, 0.2) is 0 Å². The molecule has 5 heteroatoms. The number of nitrogen functional groups attached to an aromatic ring is 1. The highest BCUT2D eigenvalue weighted by Gasteiger charge is 1.99. The Kier molecular flexibility index (Phi) is 3.95. The van der Waals surface area contributed by atoms with E-state index in [0.717, 1.165) is 0 Å². The monoisotopic (exact) mass is 224 g/mol. The van der Waals surface area contributed by atoms with Crippen LogP contribution in [0.2, 0.25) is 5.02 Å². The fraction of sp³-hybridized carbons (Fsp3) is 0.200. The third kappa shape index (κ3) is 3.49. The number of anilines is 1. The van der Waals surface area contributed by atoms with Gasteiger partial charge >= 0.3 is 5.97 Å². The molecule has 1 heterocycles. The first-order chi connectivity index (χ1) is 7.13. The number of halogens is 1. The number of carbonyl (C=O) groups excluding carboxylic acids is 1. The van der Waals surface area contributed by atoms with Crippen molar-refractivity contribution in [3.63, 3.8) is 0 Å². The number of rotatable bonds is 1. The van der Waals surface area contributed by atoms with E-state index in [-0.39, 0.29) is 12.4 Å². The van der Waals surface area contributed by atoms with Gasteiger partial charge in [0.1, 0.15) is 5.82 Å². The molecule has 0 aliphatic carbocycles. The lowest BCUT2D eigenvalue weighted by Crippen LogP contribution is -2.00. The first kappa shape index (κ1) is 11.3. The molecule has 0 aliphatic heterocycles. The van der Waals surface area contributed by atoms with E-state index in [1.807, 2.05) is 0 Å². The average molecular weight is 225 g/mol. The van der Waals surface area contributed by atoms with Crippen molar-refractivity contribution in [3.8, 4) is 11.8 Å². The van der Waals surface area contributed by atoms with E-state index in [9.17, 15) is 4.79 Å². The van der Waals surface area contributed by atoms with Crippen LogP contribution in [0.4, 0.5) is 5.82 Å². The molecule has 0 aromatic carbocycles. The van der Waals surface area contributed by atoms with Gasteiger partial charge in [-0.2, -0.15) is 0 Å². The number of nitrogens with two attached hydrogens (primary N) is 1. The molecule has 0 saturated carbocycles. The molecule has 0 fully saturated rings. The lowest BCUT2D eigenvalue weighted by Gasteiger charge is -1.96. The number of hydrogen-bond donors (Lipinski definition) is 1. The van der Waals surface area contributed by atoms with Gasteiger partial charge in [0.2, 0.25) is 0 Å². The summed E-state index contributed by atoms with van der Waals surface area (Å²) in [6.07, 6.45) is 1.41. The van der Waals surface area contributed by atoms with Crippen LogP contribution in [0, 0.1) is 11.8 Å². The van der Waals surface area contributed by atoms with Crippen molar-refractivity contribution in [1.82, 2.24) is 4.98 Å². The predicted molar refractivity (Wildman–Crippen MR) is 57.2 cm³/mol. The highest BCUT2D eigenvalue weighted by atomic mass is 35.5. The van der Waals surface area contributed by atoms with Gasteiger partial charge in [0, 0.05) is 12.1 Å². The summed E-state index contributed by atoms with van der Waals surface area (Å²) in [5.41, 5.74) is 5.94. The molecule has 0 atom stereocenters. The van der Waals surface area contributed by atoms with Crippen LogP contribution in [0.15, 0.2) is 12.3 Å². The second kappa shape index (κ2) is 5.23. The number of hydrogen-bond acceptors (Lipinski definition) is 4. The smallest absolute Gasteiger partial charge is 0.384 e. The fourth-order valence-corrected chi connectivity index (χ4v) is 0.993. The molecule has 1 rings (SSSR count). The minimum atomic E-state index is -0.600. The van der Waals surface area contributed by atoms with Gasteiger partial charge in [0.25, 0.3) is 0 Å². The largest absolute Gasteiger partial charge is 0.456 e. The highest BCUT2D eigenvalue weighted by molar-refractivity contribution is 6.30. The van der Waals surface area contributed by atoms with Crippen molar-refractivity contribution in [2.75, 3.05) is 12.3 Å². The third-order valence-electron chi connectivity index (χ3n) is 1.46. The maximum Gasteiger partial charge on any atom is 0.384 e. The third-order valence-corrected chi connectivity index (χ3v) is 1.67. The molecule has 0 radical (unpaired) electrons. The van der Waals surface area contributed by atoms with Gasteiger partial charge in [-0.1, -0.05) is 17.5 Å². The van der Waals surface area contributed by atoms with Gasteiger partial charge in [-0.05, 0) is 13.0 Å². The molecule has 1 aromatic rings. The molecule has 0 saturated heterocycles. The lowest BCUT2D eigenvalue weighted by molar-refractivity contribution is -0.136. The fourth-order valence-electron chi connectivity index (χ4n) is 0.836. The Hall–Kier alpha value is -1.73. The van der Waals surface area contributed by atoms with E-state index in [4.69, 9.17) is 17.3 Å². The second-order valence-electron chi connectivity index (χ2n) is 2.56. The van der Waals surface area contributed by atoms with Crippen LogP contribution in [-0.2, 0) is 9.53 Å². The molecule has 0 spiro atoms. The molecule has 78 valence electrons. The zero-order valence-electron chi connectivity index (χ0n) is 8.08. The number of aromatic nitrogens is 1. The van der Waals surface area contributed by atoms with Crippen LogP contribution in [-0.4, -0.2) is 17.6 Å². The number of ether oxygens (including phenoxy) is 1. The first-order valence-electron chi connectivity index (χ1n) is 4.23. The summed E-state index contributed by atoms with van der Waals surface area (Å²) in [6.45, 7) is 1.99. The Labute approximate surface area is 92.4 Å². The predicted octanol–water partition coefficient (Wildman–Crippen LogP) is 1.23. The van der Waals surface area contributed by atoms with Crippen LogP contribution in [0.1, 0.15) is 12.5 Å². The maximum atomic E-state index is 10.9. The van der Waals surface area contributed by atoms with E-state index in [0.29, 0.717) is 10.6 Å². The summed E-state index contributed by atoms with van der Waals surface area (Å²) in [6, 6.07) is 1.54. The minimum absolute atomic E-state index is 0.233. The van der Waals surface area contributed by atoms with Crippen molar-refractivity contribution in [2.45, 2.75) is 6.92 Å². The maximum absolute atomic E-state index is 10.9. The van der Waals surface area contributed by atoms with Gasteiger partial charge in [-0.25, -0.2) is 9.78 Å². The summed E-state index contributed by atoms with van der Waals surface area (Å²) in [4.78, 5) is 14.7. The topological polar surface area (TPSA) is 65.2 Å². The summed E-state index contributed by atoms with van der Waals surface area (Å²) in [5, 5.41) is 0.414. The Bertz CT molecular complexity index is 435. The summed E-state index contributed by atoms with van der Waals surface area (Å²) in [5.74, 6) is 4.45.